The minimum atomic E-state index is -2.42. The molecule has 2 aromatic rings. The smallest absolute Gasteiger partial charge is 0.205 e. The summed E-state index contributed by atoms with van der Waals surface area (Å²) in [5.41, 5.74) is 1.14. The molecule has 2 rings (SSSR count). The van der Waals surface area contributed by atoms with E-state index >= 15 is 0 Å². The summed E-state index contributed by atoms with van der Waals surface area (Å²) >= 11 is 3.35. The number of hydrogen-bond acceptors (Lipinski definition) is 0. The Hall–Kier alpha value is -0.960. The van der Waals surface area contributed by atoms with Crippen molar-refractivity contribution in [3.05, 3.63) is 47.5 Å². The fraction of sp³-hybridized carbons (Fsp3) is 0.167. The van der Waals surface area contributed by atoms with E-state index in [2.05, 4.69) is 15.9 Å². The van der Waals surface area contributed by atoms with Crippen LogP contribution in [0.15, 0.2) is 36.4 Å². The molecule has 0 amide bonds. The molecule has 0 fully saturated rings. The molecule has 0 unspecified atom stereocenters. The Morgan fingerprint density at radius 2 is 1.67 bits per heavy atom. The highest BCUT2D eigenvalue weighted by atomic mass is 79.9. The largest absolute Gasteiger partial charge is 0.264 e. The van der Waals surface area contributed by atoms with E-state index in [9.17, 15) is 8.78 Å². The lowest BCUT2D eigenvalue weighted by Crippen LogP contribution is -1.89. The first-order valence-electron chi connectivity index (χ1n) is 4.58. The predicted molar refractivity (Wildman–Crippen MR) is 61.5 cm³/mol. The van der Waals surface area contributed by atoms with Crippen molar-refractivity contribution in [1.29, 1.82) is 0 Å². The van der Waals surface area contributed by atoms with Gasteiger partial charge in [0.05, 0.1) is 0 Å². The van der Waals surface area contributed by atoms with Crippen LogP contribution in [-0.4, -0.2) is 0 Å². The molecule has 0 atom stereocenters. The molecule has 3 heteroatoms. The second-order valence-corrected chi connectivity index (χ2v) is 3.85. The van der Waals surface area contributed by atoms with Crippen molar-refractivity contribution in [2.45, 2.75) is 11.8 Å². The first-order valence-corrected chi connectivity index (χ1v) is 5.71. The topological polar surface area (TPSA) is 0 Å². The van der Waals surface area contributed by atoms with Crippen molar-refractivity contribution < 1.29 is 8.78 Å². The molecule has 0 N–H and O–H groups in total. The molecular weight excluding hydrogens is 262 g/mol. The van der Waals surface area contributed by atoms with E-state index in [1.807, 2.05) is 18.2 Å². The van der Waals surface area contributed by atoms with E-state index in [4.69, 9.17) is 0 Å². The third kappa shape index (κ3) is 1.88. The third-order valence-electron chi connectivity index (χ3n) is 2.43. The molecule has 0 aliphatic rings. The lowest BCUT2D eigenvalue weighted by atomic mass is 10.0. The van der Waals surface area contributed by atoms with E-state index < -0.39 is 6.43 Å². The molecule has 0 bridgehead atoms. The number of rotatable bonds is 2. The standard InChI is InChI=1S/C12H9BrF2/c13-7-8-3-1-5-10-9(8)4-2-6-11(10)12(14)15/h1-6,12H,7H2. The van der Waals surface area contributed by atoms with E-state index in [0.717, 1.165) is 10.9 Å². The van der Waals surface area contributed by atoms with Crippen LogP contribution in [0.4, 0.5) is 8.78 Å². The Kier molecular flexibility index (Phi) is 3.00. The molecular formula is C12H9BrF2. The predicted octanol–water partition coefficient (Wildman–Crippen LogP) is 4.67. The lowest BCUT2D eigenvalue weighted by Gasteiger charge is -2.08. The van der Waals surface area contributed by atoms with Crippen LogP contribution < -0.4 is 0 Å². The summed E-state index contributed by atoms with van der Waals surface area (Å²) in [4.78, 5) is 0. The molecule has 0 radical (unpaired) electrons. The fourth-order valence-corrected chi connectivity index (χ4v) is 2.20. The SMILES string of the molecule is FC(F)c1cccc2c(CBr)cccc12. The van der Waals surface area contributed by atoms with E-state index in [1.165, 1.54) is 6.07 Å². The van der Waals surface area contributed by atoms with Gasteiger partial charge in [-0.1, -0.05) is 52.3 Å². The first-order chi connectivity index (χ1) is 7.24. The molecule has 2 aromatic carbocycles. The van der Waals surface area contributed by atoms with Crippen LogP contribution >= 0.6 is 15.9 Å². The van der Waals surface area contributed by atoms with Gasteiger partial charge in [0, 0.05) is 10.9 Å². The second-order valence-electron chi connectivity index (χ2n) is 3.29. The Labute approximate surface area is 95.0 Å². The maximum absolute atomic E-state index is 12.7. The van der Waals surface area contributed by atoms with Crippen molar-refractivity contribution >= 4 is 26.7 Å². The minimum Gasteiger partial charge on any atom is -0.205 e. The Morgan fingerprint density at radius 3 is 2.33 bits per heavy atom. The van der Waals surface area contributed by atoms with Gasteiger partial charge in [0.25, 0.3) is 6.43 Å². The van der Waals surface area contributed by atoms with E-state index in [1.54, 1.807) is 12.1 Å². The molecule has 0 nitrogen and oxygen atoms in total. The van der Waals surface area contributed by atoms with Gasteiger partial charge >= 0.3 is 0 Å². The number of alkyl halides is 3. The van der Waals surface area contributed by atoms with Crippen molar-refractivity contribution in [2.24, 2.45) is 0 Å². The van der Waals surface area contributed by atoms with Gasteiger partial charge in [0.2, 0.25) is 0 Å². The van der Waals surface area contributed by atoms with Gasteiger partial charge < -0.3 is 0 Å². The van der Waals surface area contributed by atoms with Crippen molar-refractivity contribution in [3.63, 3.8) is 0 Å². The summed E-state index contributed by atoms with van der Waals surface area (Å²) in [6.45, 7) is 0. The average molecular weight is 271 g/mol. The van der Waals surface area contributed by atoms with Gasteiger partial charge in [0.1, 0.15) is 0 Å². The first kappa shape index (κ1) is 10.6. The van der Waals surface area contributed by atoms with Crippen LogP contribution in [0.5, 0.6) is 0 Å². The van der Waals surface area contributed by atoms with Crippen LogP contribution in [0.3, 0.4) is 0 Å². The Bertz CT molecular complexity index is 480. The number of hydrogen-bond donors (Lipinski definition) is 0. The molecule has 0 aromatic heterocycles. The molecule has 0 aliphatic carbocycles. The summed E-state index contributed by atoms with van der Waals surface area (Å²) in [5.74, 6) is 0. The zero-order chi connectivity index (χ0) is 10.8. The van der Waals surface area contributed by atoms with Gasteiger partial charge in [-0.05, 0) is 16.3 Å². The van der Waals surface area contributed by atoms with Crippen LogP contribution in [0, 0.1) is 0 Å². The summed E-state index contributed by atoms with van der Waals surface area (Å²) in [6, 6.07) is 10.5. The quantitative estimate of drug-likeness (QED) is 0.696. The van der Waals surface area contributed by atoms with Crippen molar-refractivity contribution in [1.82, 2.24) is 0 Å². The number of benzene rings is 2. The van der Waals surface area contributed by atoms with Crippen molar-refractivity contribution in [2.75, 3.05) is 0 Å². The molecule has 0 aliphatic heterocycles. The molecule has 78 valence electrons. The van der Waals surface area contributed by atoms with Gasteiger partial charge in [-0.15, -0.1) is 0 Å². The summed E-state index contributed by atoms with van der Waals surface area (Å²) in [6.07, 6.45) is -2.42. The summed E-state index contributed by atoms with van der Waals surface area (Å²) < 4.78 is 25.4. The minimum absolute atomic E-state index is 0.107. The zero-order valence-corrected chi connectivity index (χ0v) is 9.47. The normalized spacial score (nSPS) is 11.2. The highest BCUT2D eigenvalue weighted by Crippen LogP contribution is 2.29. The maximum atomic E-state index is 12.7. The number of fused-ring (bicyclic) bond motifs is 1. The van der Waals surface area contributed by atoms with E-state index in [-0.39, 0.29) is 5.56 Å². The van der Waals surface area contributed by atoms with Gasteiger partial charge in [-0.3, -0.25) is 0 Å². The zero-order valence-electron chi connectivity index (χ0n) is 7.88. The van der Waals surface area contributed by atoms with Crippen molar-refractivity contribution in [3.8, 4) is 0 Å². The average Bonchev–Trinajstić information content (AvgIpc) is 2.27. The number of halogens is 3. The molecule has 15 heavy (non-hydrogen) atoms. The van der Waals surface area contributed by atoms with E-state index in [0.29, 0.717) is 10.7 Å². The fourth-order valence-electron chi connectivity index (χ4n) is 1.71. The highest BCUT2D eigenvalue weighted by Gasteiger charge is 2.11. The van der Waals surface area contributed by atoms with Crippen LogP contribution in [0.25, 0.3) is 10.8 Å². The monoisotopic (exact) mass is 270 g/mol. The Balaban J connectivity index is 2.76. The van der Waals surface area contributed by atoms with Crippen LogP contribution in [0.1, 0.15) is 17.6 Å². The molecule has 0 saturated carbocycles. The van der Waals surface area contributed by atoms with Crippen LogP contribution in [0.2, 0.25) is 0 Å². The summed E-state index contributed by atoms with van der Waals surface area (Å²) in [7, 11) is 0. The van der Waals surface area contributed by atoms with Gasteiger partial charge in [-0.2, -0.15) is 0 Å². The molecule has 0 saturated heterocycles. The molecule has 0 spiro atoms. The second kappa shape index (κ2) is 4.27. The van der Waals surface area contributed by atoms with Crippen LogP contribution in [-0.2, 0) is 5.33 Å². The van der Waals surface area contributed by atoms with Gasteiger partial charge in [-0.25, -0.2) is 8.78 Å². The summed E-state index contributed by atoms with van der Waals surface area (Å²) in [5, 5.41) is 2.22. The molecule has 0 heterocycles. The third-order valence-corrected chi connectivity index (χ3v) is 3.03. The Morgan fingerprint density at radius 1 is 1.00 bits per heavy atom. The highest BCUT2D eigenvalue weighted by molar-refractivity contribution is 9.08. The maximum Gasteiger partial charge on any atom is 0.264 e. The van der Waals surface area contributed by atoms with Gasteiger partial charge in [0.15, 0.2) is 0 Å². The lowest BCUT2D eigenvalue weighted by molar-refractivity contribution is 0.153.